The first kappa shape index (κ1) is 16.0. The summed E-state index contributed by atoms with van der Waals surface area (Å²) in [6, 6.07) is 11.7. The van der Waals surface area contributed by atoms with E-state index >= 15 is 0 Å². The summed E-state index contributed by atoms with van der Waals surface area (Å²) in [7, 11) is 1.62. The summed E-state index contributed by atoms with van der Waals surface area (Å²) in [5.74, 6) is 1.15. The number of carbonyl (C=O) groups excluding carboxylic acids is 1. The molecular weight excluding hydrogens is 300 g/mol. The normalized spacial score (nSPS) is 15.4. The Morgan fingerprint density at radius 3 is 2.25 bits per heavy atom. The molecule has 1 heterocycles. The molecular formula is C20H20N2O2. The number of benzene rings is 2. The molecule has 2 aromatic carbocycles. The van der Waals surface area contributed by atoms with Crippen LogP contribution in [0.15, 0.2) is 47.1 Å². The second kappa shape index (κ2) is 6.32. The van der Waals surface area contributed by atoms with Crippen LogP contribution >= 0.6 is 0 Å². The first-order chi connectivity index (χ1) is 11.5. The van der Waals surface area contributed by atoms with E-state index in [2.05, 4.69) is 29.4 Å². The van der Waals surface area contributed by atoms with Crippen molar-refractivity contribution in [3.8, 4) is 5.75 Å². The minimum Gasteiger partial charge on any atom is -0.497 e. The van der Waals surface area contributed by atoms with E-state index in [1.54, 1.807) is 7.11 Å². The molecule has 24 heavy (non-hydrogen) atoms. The first-order valence-electron chi connectivity index (χ1n) is 7.82. The van der Waals surface area contributed by atoms with Crippen LogP contribution in [0.4, 0.5) is 0 Å². The van der Waals surface area contributed by atoms with Crippen molar-refractivity contribution in [3.63, 3.8) is 0 Å². The van der Waals surface area contributed by atoms with Crippen molar-refractivity contribution in [1.82, 2.24) is 5.32 Å². The van der Waals surface area contributed by atoms with E-state index < -0.39 is 0 Å². The van der Waals surface area contributed by atoms with Gasteiger partial charge in [0.1, 0.15) is 17.3 Å². The third-order valence-electron chi connectivity index (χ3n) is 4.08. The van der Waals surface area contributed by atoms with Crippen molar-refractivity contribution in [2.75, 3.05) is 7.11 Å². The Labute approximate surface area is 141 Å². The molecule has 0 atom stereocenters. The Bertz CT molecular complexity index is 839. The van der Waals surface area contributed by atoms with Crippen LogP contribution in [0.3, 0.4) is 0 Å². The van der Waals surface area contributed by atoms with Crippen molar-refractivity contribution in [3.05, 3.63) is 69.9 Å². The molecule has 1 amide bonds. The molecule has 0 unspecified atom stereocenters. The van der Waals surface area contributed by atoms with E-state index in [0.717, 1.165) is 28.0 Å². The number of rotatable bonds is 3. The summed E-state index contributed by atoms with van der Waals surface area (Å²) >= 11 is 0. The molecule has 0 fully saturated rings. The van der Waals surface area contributed by atoms with Crippen molar-refractivity contribution in [2.24, 2.45) is 4.99 Å². The minimum absolute atomic E-state index is 0.180. The average Bonchev–Trinajstić information content (AvgIpc) is 2.92. The number of nitrogens with one attached hydrogen (secondary N) is 1. The zero-order valence-corrected chi connectivity index (χ0v) is 14.3. The monoisotopic (exact) mass is 320 g/mol. The number of amides is 1. The zero-order valence-electron chi connectivity index (χ0n) is 14.3. The molecule has 0 radical (unpaired) electrons. The maximum Gasteiger partial charge on any atom is 0.275 e. The van der Waals surface area contributed by atoms with Crippen molar-refractivity contribution in [1.29, 1.82) is 0 Å². The minimum atomic E-state index is -0.180. The Hall–Kier alpha value is -2.88. The Morgan fingerprint density at radius 1 is 1.04 bits per heavy atom. The summed E-state index contributed by atoms with van der Waals surface area (Å²) < 4.78 is 5.15. The zero-order chi connectivity index (χ0) is 17.3. The van der Waals surface area contributed by atoms with Gasteiger partial charge in [-0.25, -0.2) is 4.99 Å². The summed E-state index contributed by atoms with van der Waals surface area (Å²) in [5, 5.41) is 2.83. The number of ether oxygens (including phenoxy) is 1. The lowest BCUT2D eigenvalue weighted by atomic mass is 9.99. The van der Waals surface area contributed by atoms with E-state index in [0.29, 0.717) is 11.5 Å². The van der Waals surface area contributed by atoms with Gasteiger partial charge in [0.15, 0.2) is 0 Å². The van der Waals surface area contributed by atoms with Crippen LogP contribution in [0.1, 0.15) is 27.8 Å². The van der Waals surface area contributed by atoms with Crippen LogP contribution in [-0.2, 0) is 4.79 Å². The van der Waals surface area contributed by atoms with E-state index in [1.165, 1.54) is 5.56 Å². The van der Waals surface area contributed by atoms with E-state index in [1.807, 2.05) is 44.2 Å². The molecule has 122 valence electrons. The lowest BCUT2D eigenvalue weighted by Crippen LogP contribution is -2.24. The fraction of sp³-hybridized carbons (Fsp3) is 0.200. The molecule has 3 rings (SSSR count). The molecule has 1 aliphatic heterocycles. The Morgan fingerprint density at radius 2 is 1.67 bits per heavy atom. The van der Waals surface area contributed by atoms with Crippen LogP contribution in [0.5, 0.6) is 5.75 Å². The molecule has 0 aromatic heterocycles. The molecule has 0 spiro atoms. The second-order valence-electron chi connectivity index (χ2n) is 5.99. The number of methoxy groups -OCH3 is 1. The van der Waals surface area contributed by atoms with E-state index in [9.17, 15) is 4.79 Å². The lowest BCUT2D eigenvalue weighted by molar-refractivity contribution is -0.115. The Balaban J connectivity index is 1.97. The highest BCUT2D eigenvalue weighted by Gasteiger charge is 2.21. The van der Waals surface area contributed by atoms with E-state index in [-0.39, 0.29) is 5.91 Å². The smallest absolute Gasteiger partial charge is 0.275 e. The molecule has 0 saturated heterocycles. The summed E-state index contributed by atoms with van der Waals surface area (Å²) in [5.41, 5.74) is 5.82. The van der Waals surface area contributed by atoms with Crippen LogP contribution < -0.4 is 10.1 Å². The van der Waals surface area contributed by atoms with Crippen LogP contribution in [0.25, 0.3) is 6.08 Å². The maximum atomic E-state index is 12.3. The third-order valence-corrected chi connectivity index (χ3v) is 4.08. The van der Waals surface area contributed by atoms with Gasteiger partial charge in [0.05, 0.1) is 7.11 Å². The van der Waals surface area contributed by atoms with Gasteiger partial charge >= 0.3 is 0 Å². The molecule has 0 bridgehead atoms. The number of carbonyl (C=O) groups is 1. The number of hydrogen-bond acceptors (Lipinski definition) is 3. The summed E-state index contributed by atoms with van der Waals surface area (Å²) in [6.45, 7) is 6.17. The van der Waals surface area contributed by atoms with Gasteiger partial charge in [0, 0.05) is 5.56 Å². The van der Waals surface area contributed by atoms with Gasteiger partial charge in [0.2, 0.25) is 0 Å². The molecule has 4 heteroatoms. The fourth-order valence-electron chi connectivity index (χ4n) is 2.91. The SMILES string of the molecule is COc1ccc(C2=N/C(=C\c3c(C)cc(C)cc3C)C(=O)N2)cc1. The average molecular weight is 320 g/mol. The Kier molecular flexibility index (Phi) is 4.21. The highest BCUT2D eigenvalue weighted by molar-refractivity contribution is 6.19. The van der Waals surface area contributed by atoms with Crippen molar-refractivity contribution in [2.45, 2.75) is 20.8 Å². The van der Waals surface area contributed by atoms with Gasteiger partial charge in [0.25, 0.3) is 5.91 Å². The second-order valence-corrected chi connectivity index (χ2v) is 5.99. The summed E-state index contributed by atoms with van der Waals surface area (Å²) in [4.78, 5) is 16.7. The first-order valence-corrected chi connectivity index (χ1v) is 7.82. The quantitative estimate of drug-likeness (QED) is 0.880. The topological polar surface area (TPSA) is 50.7 Å². The van der Waals surface area contributed by atoms with Gasteiger partial charge in [-0.3, -0.25) is 4.79 Å². The highest BCUT2D eigenvalue weighted by Crippen LogP contribution is 2.22. The van der Waals surface area contributed by atoms with Gasteiger partial charge in [-0.1, -0.05) is 17.7 Å². The fourth-order valence-corrected chi connectivity index (χ4v) is 2.91. The predicted molar refractivity (Wildman–Crippen MR) is 96.3 cm³/mol. The van der Waals surface area contributed by atoms with Crippen LogP contribution in [0.2, 0.25) is 0 Å². The third kappa shape index (κ3) is 3.08. The number of amidine groups is 1. The lowest BCUT2D eigenvalue weighted by Gasteiger charge is -2.07. The highest BCUT2D eigenvalue weighted by atomic mass is 16.5. The molecule has 4 nitrogen and oxygen atoms in total. The molecule has 1 aliphatic rings. The molecule has 0 aliphatic carbocycles. The van der Waals surface area contributed by atoms with Gasteiger partial charge in [-0.15, -0.1) is 0 Å². The van der Waals surface area contributed by atoms with Crippen molar-refractivity contribution >= 4 is 17.8 Å². The van der Waals surface area contributed by atoms with Crippen LogP contribution in [-0.4, -0.2) is 18.9 Å². The molecule has 0 saturated carbocycles. The van der Waals surface area contributed by atoms with Crippen LogP contribution in [0, 0.1) is 20.8 Å². The molecule has 2 aromatic rings. The molecule has 1 N–H and O–H groups in total. The number of hydrogen-bond donors (Lipinski definition) is 1. The summed E-state index contributed by atoms with van der Waals surface area (Å²) in [6.07, 6.45) is 1.86. The van der Waals surface area contributed by atoms with Gasteiger partial charge < -0.3 is 10.1 Å². The van der Waals surface area contributed by atoms with Gasteiger partial charge in [-0.05, 0) is 67.8 Å². The predicted octanol–water partition coefficient (Wildman–Crippen LogP) is 3.54. The van der Waals surface area contributed by atoms with Crippen molar-refractivity contribution < 1.29 is 9.53 Å². The largest absolute Gasteiger partial charge is 0.497 e. The standard InChI is InChI=1S/C20H20N2O2/c1-12-9-13(2)17(14(3)10-12)11-18-20(23)22-19(21-18)15-5-7-16(24-4)8-6-15/h5-11H,1-4H3,(H,21,22,23)/b18-11-. The van der Waals surface area contributed by atoms with Gasteiger partial charge in [-0.2, -0.15) is 0 Å². The van der Waals surface area contributed by atoms with E-state index in [4.69, 9.17) is 4.74 Å². The number of nitrogens with zero attached hydrogens (tertiary/aromatic N) is 1. The number of aryl methyl sites for hydroxylation is 3. The number of aliphatic imine (C=N–C) groups is 1. The maximum absolute atomic E-state index is 12.3.